The van der Waals surface area contributed by atoms with Gasteiger partial charge in [0.2, 0.25) is 0 Å². The minimum atomic E-state index is -0.349. The SMILES string of the molecule is CC1(N2C(=O)CNC2=O)CC(OC2CCCCCCCCC2)C1. The highest BCUT2D eigenvalue weighted by atomic mass is 16.5. The number of amides is 3. The molecule has 1 saturated heterocycles. The Bertz CT molecular complexity index is 420. The summed E-state index contributed by atoms with van der Waals surface area (Å²) >= 11 is 0. The molecule has 1 N–H and O–H groups in total. The van der Waals surface area contributed by atoms with E-state index in [2.05, 4.69) is 5.32 Å². The standard InChI is InChI=1S/C18H30N2O3/c1-18(20-16(21)13-19-17(20)22)11-15(12-18)23-14-9-7-5-3-2-4-6-8-10-14/h14-15H,2-13H2,1H3,(H,19,22). The maximum atomic E-state index is 11.9. The third-order valence-electron chi connectivity index (χ3n) is 5.66. The van der Waals surface area contributed by atoms with Gasteiger partial charge in [0, 0.05) is 0 Å². The molecule has 0 unspecified atom stereocenters. The lowest BCUT2D eigenvalue weighted by atomic mass is 9.74. The second-order valence-corrected chi connectivity index (χ2v) is 7.73. The van der Waals surface area contributed by atoms with Crippen LogP contribution in [0.3, 0.4) is 0 Å². The largest absolute Gasteiger partial charge is 0.375 e. The lowest BCUT2D eigenvalue weighted by Crippen LogP contribution is -2.60. The zero-order valence-corrected chi connectivity index (χ0v) is 14.3. The van der Waals surface area contributed by atoms with Gasteiger partial charge in [-0.1, -0.05) is 44.9 Å². The molecule has 5 heteroatoms. The van der Waals surface area contributed by atoms with Gasteiger partial charge < -0.3 is 10.1 Å². The Balaban J connectivity index is 1.48. The van der Waals surface area contributed by atoms with Crippen molar-refractivity contribution in [2.24, 2.45) is 0 Å². The van der Waals surface area contributed by atoms with Gasteiger partial charge >= 0.3 is 6.03 Å². The van der Waals surface area contributed by atoms with Crippen LogP contribution in [0, 0.1) is 0 Å². The van der Waals surface area contributed by atoms with Gasteiger partial charge in [-0.2, -0.15) is 0 Å². The molecule has 1 aliphatic heterocycles. The Labute approximate surface area is 139 Å². The van der Waals surface area contributed by atoms with E-state index in [1.165, 1.54) is 49.8 Å². The first kappa shape index (κ1) is 16.7. The lowest BCUT2D eigenvalue weighted by molar-refractivity contribution is -0.145. The maximum Gasteiger partial charge on any atom is 0.325 e. The summed E-state index contributed by atoms with van der Waals surface area (Å²) in [6.45, 7) is 2.14. The van der Waals surface area contributed by atoms with Crippen molar-refractivity contribution in [2.45, 2.75) is 95.3 Å². The first-order chi connectivity index (χ1) is 11.1. The Morgan fingerprint density at radius 1 is 0.957 bits per heavy atom. The summed E-state index contributed by atoms with van der Waals surface area (Å²) in [6, 6.07) is -0.241. The van der Waals surface area contributed by atoms with Crippen LogP contribution >= 0.6 is 0 Å². The fraction of sp³-hybridized carbons (Fsp3) is 0.889. The lowest BCUT2D eigenvalue weighted by Gasteiger charge is -2.49. The number of rotatable bonds is 3. The number of nitrogens with one attached hydrogen (secondary N) is 1. The number of hydrogen-bond donors (Lipinski definition) is 1. The van der Waals surface area contributed by atoms with E-state index in [1.807, 2.05) is 6.92 Å². The van der Waals surface area contributed by atoms with Gasteiger partial charge in [0.15, 0.2) is 0 Å². The zero-order chi connectivity index (χ0) is 16.3. The minimum Gasteiger partial charge on any atom is -0.375 e. The molecule has 2 aliphatic carbocycles. The van der Waals surface area contributed by atoms with Crippen LogP contribution in [-0.4, -0.2) is 41.1 Å². The molecule has 23 heavy (non-hydrogen) atoms. The van der Waals surface area contributed by atoms with Gasteiger partial charge in [0.1, 0.15) is 0 Å². The molecule has 1 heterocycles. The molecule has 0 radical (unpaired) electrons. The molecule has 0 spiro atoms. The Hall–Kier alpha value is -1.10. The highest BCUT2D eigenvalue weighted by Gasteiger charge is 2.52. The van der Waals surface area contributed by atoms with Crippen LogP contribution in [0.1, 0.15) is 77.6 Å². The summed E-state index contributed by atoms with van der Waals surface area (Å²) in [4.78, 5) is 25.1. The maximum absolute atomic E-state index is 11.9. The van der Waals surface area contributed by atoms with E-state index in [0.717, 1.165) is 25.7 Å². The van der Waals surface area contributed by atoms with Crippen LogP contribution in [-0.2, 0) is 9.53 Å². The highest BCUT2D eigenvalue weighted by Crippen LogP contribution is 2.41. The second-order valence-electron chi connectivity index (χ2n) is 7.73. The quantitative estimate of drug-likeness (QED) is 0.811. The molecule has 3 amide bonds. The van der Waals surface area contributed by atoms with E-state index in [-0.39, 0.29) is 30.1 Å². The summed E-state index contributed by atoms with van der Waals surface area (Å²) in [6.07, 6.45) is 13.7. The van der Waals surface area contributed by atoms with Crippen LogP contribution in [0.25, 0.3) is 0 Å². The van der Waals surface area contributed by atoms with Crippen molar-refractivity contribution >= 4 is 11.9 Å². The van der Waals surface area contributed by atoms with Crippen LogP contribution in [0.4, 0.5) is 4.79 Å². The molecule has 3 rings (SSSR count). The predicted octanol–water partition coefficient (Wildman–Crippen LogP) is 3.37. The van der Waals surface area contributed by atoms with E-state index in [9.17, 15) is 9.59 Å². The summed E-state index contributed by atoms with van der Waals surface area (Å²) < 4.78 is 6.31. The van der Waals surface area contributed by atoms with Crippen molar-refractivity contribution in [3.8, 4) is 0 Å². The van der Waals surface area contributed by atoms with Gasteiger partial charge in [0.25, 0.3) is 5.91 Å². The van der Waals surface area contributed by atoms with Crippen LogP contribution < -0.4 is 5.32 Å². The summed E-state index contributed by atoms with van der Waals surface area (Å²) in [5.41, 5.74) is -0.349. The molecule has 0 atom stereocenters. The Kier molecular flexibility index (Phi) is 5.24. The summed E-state index contributed by atoms with van der Waals surface area (Å²) in [5, 5.41) is 2.61. The number of carbonyl (C=O) groups excluding carboxylic acids is 2. The highest BCUT2D eigenvalue weighted by molar-refractivity contribution is 6.02. The van der Waals surface area contributed by atoms with Gasteiger partial charge in [-0.05, 0) is 32.6 Å². The zero-order valence-electron chi connectivity index (χ0n) is 14.3. The topological polar surface area (TPSA) is 58.6 Å². The molecule has 5 nitrogen and oxygen atoms in total. The van der Waals surface area contributed by atoms with E-state index in [4.69, 9.17) is 4.74 Å². The van der Waals surface area contributed by atoms with Crippen molar-refractivity contribution < 1.29 is 14.3 Å². The van der Waals surface area contributed by atoms with E-state index < -0.39 is 0 Å². The molecule has 2 saturated carbocycles. The Morgan fingerprint density at radius 3 is 2.04 bits per heavy atom. The smallest absolute Gasteiger partial charge is 0.325 e. The number of nitrogens with zero attached hydrogens (tertiary/aromatic N) is 1. The van der Waals surface area contributed by atoms with Gasteiger partial charge in [0.05, 0.1) is 24.3 Å². The average Bonchev–Trinajstić information content (AvgIpc) is 2.83. The molecular formula is C18H30N2O3. The van der Waals surface area contributed by atoms with Gasteiger partial charge in [-0.3, -0.25) is 9.69 Å². The fourth-order valence-corrected chi connectivity index (χ4v) is 4.35. The van der Waals surface area contributed by atoms with Crippen molar-refractivity contribution in [1.29, 1.82) is 0 Å². The van der Waals surface area contributed by atoms with Crippen LogP contribution in [0.2, 0.25) is 0 Å². The van der Waals surface area contributed by atoms with Crippen molar-refractivity contribution in [2.75, 3.05) is 6.54 Å². The number of hydrogen-bond acceptors (Lipinski definition) is 3. The molecule has 0 aromatic carbocycles. The molecule has 0 aromatic rings. The molecule has 0 aromatic heterocycles. The fourth-order valence-electron chi connectivity index (χ4n) is 4.35. The monoisotopic (exact) mass is 322 g/mol. The normalized spacial score (nSPS) is 34.1. The van der Waals surface area contributed by atoms with E-state index in [1.54, 1.807) is 0 Å². The molecule has 130 valence electrons. The van der Waals surface area contributed by atoms with Crippen molar-refractivity contribution in [1.82, 2.24) is 10.2 Å². The van der Waals surface area contributed by atoms with Gasteiger partial charge in [-0.15, -0.1) is 0 Å². The van der Waals surface area contributed by atoms with E-state index >= 15 is 0 Å². The molecular weight excluding hydrogens is 292 g/mol. The van der Waals surface area contributed by atoms with Crippen LogP contribution in [0.15, 0.2) is 0 Å². The second kappa shape index (κ2) is 7.20. The summed E-state index contributed by atoms with van der Waals surface area (Å²) in [7, 11) is 0. The van der Waals surface area contributed by atoms with Gasteiger partial charge in [-0.25, -0.2) is 4.79 Å². The number of ether oxygens (including phenoxy) is 1. The third kappa shape index (κ3) is 3.87. The molecule has 3 fully saturated rings. The summed E-state index contributed by atoms with van der Waals surface area (Å²) in [5.74, 6) is -0.102. The first-order valence-corrected chi connectivity index (χ1v) is 9.35. The van der Waals surface area contributed by atoms with Crippen molar-refractivity contribution in [3.63, 3.8) is 0 Å². The third-order valence-corrected chi connectivity index (χ3v) is 5.66. The van der Waals surface area contributed by atoms with E-state index in [0.29, 0.717) is 6.10 Å². The molecule has 3 aliphatic rings. The van der Waals surface area contributed by atoms with Crippen molar-refractivity contribution in [3.05, 3.63) is 0 Å². The first-order valence-electron chi connectivity index (χ1n) is 9.35. The number of carbonyl (C=O) groups is 2. The minimum absolute atomic E-state index is 0.102. The average molecular weight is 322 g/mol. The number of urea groups is 1. The Morgan fingerprint density at radius 2 is 1.52 bits per heavy atom. The number of imide groups is 1. The molecule has 0 bridgehead atoms. The predicted molar refractivity (Wildman–Crippen MR) is 88.1 cm³/mol. The van der Waals surface area contributed by atoms with Crippen LogP contribution in [0.5, 0.6) is 0 Å².